The van der Waals surface area contributed by atoms with Gasteiger partial charge in [0, 0.05) is 0 Å². The number of alkyl halides is 3. The van der Waals surface area contributed by atoms with E-state index in [9.17, 15) is 4.57 Å². The van der Waals surface area contributed by atoms with Crippen LogP contribution in [0.2, 0.25) is 0 Å². The molecule has 0 fully saturated rings. The predicted octanol–water partition coefficient (Wildman–Crippen LogP) is 0.516. The van der Waals surface area contributed by atoms with Crippen molar-refractivity contribution in [1.29, 1.82) is 0 Å². The van der Waals surface area contributed by atoms with Crippen LogP contribution in [-0.4, -0.2) is 19.4 Å². The van der Waals surface area contributed by atoms with Gasteiger partial charge in [-0.3, -0.25) is 4.57 Å². The minimum atomic E-state index is -4.55. The monoisotopic (exact) mass is 258 g/mol. The molecule has 0 aliphatic heterocycles. The van der Waals surface area contributed by atoms with Gasteiger partial charge in [-0.05, 0) is 0 Å². The van der Waals surface area contributed by atoms with Gasteiger partial charge in [0.1, 0.15) is 0 Å². The lowest BCUT2D eigenvalue weighted by atomic mass is 11.2. The molecular weight excluding hydrogens is 253 g/mol. The molecular formula is C2H6Cl3N2O4P. The van der Waals surface area contributed by atoms with Crippen molar-refractivity contribution in [2.24, 2.45) is 11.5 Å². The van der Waals surface area contributed by atoms with Crippen LogP contribution >= 0.6 is 42.4 Å². The molecule has 0 aromatic carbocycles. The van der Waals surface area contributed by atoms with Crippen molar-refractivity contribution in [1.82, 2.24) is 0 Å². The third kappa shape index (κ3) is 10.3. The number of primary amides is 2. The zero-order chi connectivity index (χ0) is 10.6. The van der Waals surface area contributed by atoms with E-state index in [0.29, 0.717) is 0 Å². The largest absolute Gasteiger partial charge is 0.376 e. The van der Waals surface area contributed by atoms with Crippen LogP contribution in [0.25, 0.3) is 0 Å². The second-order valence-corrected chi connectivity index (χ2v) is 6.24. The van der Waals surface area contributed by atoms with Gasteiger partial charge in [0.25, 0.3) is 3.53 Å². The van der Waals surface area contributed by atoms with Crippen molar-refractivity contribution < 1.29 is 19.1 Å². The number of carbonyl (C=O) groups is 1. The molecule has 0 saturated carbocycles. The standard InChI is InChI=1S/CH2Cl3O3P.CH4N2O/c2-1(3,4)8(5,6)7;2-1(3)4/h(H2,5,6,7);(H4,2,3,4). The second-order valence-electron chi connectivity index (χ2n) is 1.41. The quantitative estimate of drug-likeness (QED) is 0.373. The van der Waals surface area contributed by atoms with Crippen LogP contribution in [-0.2, 0) is 4.57 Å². The van der Waals surface area contributed by atoms with Crippen molar-refractivity contribution in [2.75, 3.05) is 0 Å². The zero-order valence-electron chi connectivity index (χ0n) is 5.45. The molecule has 0 bridgehead atoms. The SMILES string of the molecule is NC(N)=O.O=P(O)(O)C(Cl)(Cl)Cl. The number of nitrogens with two attached hydrogens (primary N) is 2. The fourth-order valence-corrected chi connectivity index (χ4v) is 0. The number of halogens is 3. The van der Waals surface area contributed by atoms with Crippen molar-refractivity contribution in [3.05, 3.63) is 0 Å². The lowest BCUT2D eigenvalue weighted by Gasteiger charge is -2.10. The van der Waals surface area contributed by atoms with E-state index in [4.69, 9.17) is 49.4 Å². The number of hydrogen-bond donors (Lipinski definition) is 4. The van der Waals surface area contributed by atoms with E-state index in [1.807, 2.05) is 0 Å². The summed E-state index contributed by atoms with van der Waals surface area (Å²) in [5, 5.41) is 0. The number of hydrogen-bond acceptors (Lipinski definition) is 2. The van der Waals surface area contributed by atoms with Gasteiger partial charge in [-0.1, -0.05) is 34.8 Å². The highest BCUT2D eigenvalue weighted by molar-refractivity contribution is 7.61. The van der Waals surface area contributed by atoms with Crippen LogP contribution in [0.4, 0.5) is 4.79 Å². The first kappa shape index (κ1) is 14.8. The van der Waals surface area contributed by atoms with Crippen LogP contribution in [0.1, 0.15) is 0 Å². The van der Waals surface area contributed by atoms with Gasteiger partial charge in [0.05, 0.1) is 0 Å². The molecule has 2 amide bonds. The number of carbonyl (C=O) groups excluding carboxylic acids is 1. The predicted molar refractivity (Wildman–Crippen MR) is 46.1 cm³/mol. The number of urea groups is 1. The average molecular weight is 259 g/mol. The summed E-state index contributed by atoms with van der Waals surface area (Å²) in [6.07, 6.45) is 0. The molecule has 0 heterocycles. The van der Waals surface area contributed by atoms with E-state index in [1.165, 1.54) is 0 Å². The summed E-state index contributed by atoms with van der Waals surface area (Å²) in [5.74, 6) is 0. The summed E-state index contributed by atoms with van der Waals surface area (Å²) in [5.41, 5.74) is 8.50. The van der Waals surface area contributed by atoms with Crippen LogP contribution in [0.15, 0.2) is 0 Å². The normalized spacial score (nSPS) is 11.4. The van der Waals surface area contributed by atoms with Gasteiger partial charge in [0.15, 0.2) is 0 Å². The maximum atomic E-state index is 9.95. The zero-order valence-corrected chi connectivity index (χ0v) is 8.61. The lowest BCUT2D eigenvalue weighted by molar-refractivity contribution is 0.256. The Bertz CT molecular complexity index is 193. The second kappa shape index (κ2) is 5.11. The van der Waals surface area contributed by atoms with Gasteiger partial charge in [-0.2, -0.15) is 0 Å². The topological polar surface area (TPSA) is 127 Å². The molecule has 10 heteroatoms. The van der Waals surface area contributed by atoms with Crippen LogP contribution in [0, 0.1) is 0 Å². The average Bonchev–Trinajstić information content (AvgIpc) is 1.55. The van der Waals surface area contributed by atoms with E-state index in [2.05, 4.69) is 11.5 Å². The van der Waals surface area contributed by atoms with Crippen LogP contribution in [0.3, 0.4) is 0 Å². The van der Waals surface area contributed by atoms with E-state index in [-0.39, 0.29) is 0 Å². The van der Waals surface area contributed by atoms with Gasteiger partial charge in [-0.15, -0.1) is 0 Å². The van der Waals surface area contributed by atoms with Crippen LogP contribution < -0.4 is 11.5 Å². The molecule has 0 aromatic rings. The van der Waals surface area contributed by atoms with Gasteiger partial charge < -0.3 is 21.3 Å². The maximum Gasteiger partial charge on any atom is 0.376 e. The van der Waals surface area contributed by atoms with E-state index < -0.39 is 17.2 Å². The molecule has 0 aliphatic rings. The summed E-state index contributed by atoms with van der Waals surface area (Å²) in [4.78, 5) is 25.1. The first-order valence-corrected chi connectivity index (χ1v) is 4.90. The Morgan fingerprint density at radius 3 is 1.33 bits per heavy atom. The molecule has 0 atom stereocenters. The Morgan fingerprint density at radius 1 is 1.25 bits per heavy atom. The van der Waals surface area contributed by atoms with E-state index >= 15 is 0 Å². The molecule has 0 radical (unpaired) electrons. The summed E-state index contributed by atoms with van der Waals surface area (Å²) in [6.45, 7) is 0. The van der Waals surface area contributed by atoms with Crippen molar-refractivity contribution >= 4 is 48.4 Å². The molecule has 74 valence electrons. The van der Waals surface area contributed by atoms with Crippen LogP contribution in [0.5, 0.6) is 0 Å². The van der Waals surface area contributed by atoms with Crippen molar-refractivity contribution in [3.63, 3.8) is 0 Å². The Hall–Kier alpha value is 0.290. The molecule has 6 N–H and O–H groups in total. The molecule has 6 nitrogen and oxygen atoms in total. The molecule has 0 spiro atoms. The van der Waals surface area contributed by atoms with E-state index in [1.54, 1.807) is 0 Å². The molecule has 12 heavy (non-hydrogen) atoms. The maximum absolute atomic E-state index is 9.95. The summed E-state index contributed by atoms with van der Waals surface area (Å²) < 4.78 is 7.47. The first-order chi connectivity index (χ1) is 4.98. The fraction of sp³-hybridized carbons (Fsp3) is 0.500. The summed E-state index contributed by atoms with van der Waals surface area (Å²) >= 11 is 14.3. The lowest BCUT2D eigenvalue weighted by Crippen LogP contribution is -2.18. The molecule has 0 unspecified atom stereocenters. The van der Waals surface area contributed by atoms with Crippen molar-refractivity contribution in [3.8, 4) is 0 Å². The summed E-state index contributed by atoms with van der Waals surface area (Å²) in [7, 11) is -4.55. The first-order valence-electron chi connectivity index (χ1n) is 2.15. The molecule has 0 saturated heterocycles. The Balaban J connectivity index is 0. The fourth-order valence-electron chi connectivity index (χ4n) is 0. The van der Waals surface area contributed by atoms with Gasteiger partial charge in [-0.25, -0.2) is 4.79 Å². The third-order valence-corrected chi connectivity index (χ3v) is 2.97. The summed E-state index contributed by atoms with van der Waals surface area (Å²) in [6, 6.07) is -0.833. The molecule has 0 aromatic heterocycles. The highest BCUT2D eigenvalue weighted by atomic mass is 35.6. The Labute approximate surface area is 82.9 Å². The molecule has 0 aliphatic carbocycles. The molecule has 0 rings (SSSR count). The minimum Gasteiger partial charge on any atom is -0.352 e. The Kier molecular flexibility index (Phi) is 6.30. The van der Waals surface area contributed by atoms with E-state index in [0.717, 1.165) is 0 Å². The number of rotatable bonds is 0. The van der Waals surface area contributed by atoms with Crippen molar-refractivity contribution in [2.45, 2.75) is 3.53 Å². The highest BCUT2D eigenvalue weighted by Crippen LogP contribution is 2.58. The third-order valence-electron chi connectivity index (χ3n) is 0.330. The highest BCUT2D eigenvalue weighted by Gasteiger charge is 2.41. The Morgan fingerprint density at radius 2 is 1.33 bits per heavy atom. The number of amides is 2. The minimum absolute atomic E-state index is 0.833. The van der Waals surface area contributed by atoms with Gasteiger partial charge in [0.2, 0.25) is 0 Å². The van der Waals surface area contributed by atoms with Gasteiger partial charge >= 0.3 is 13.6 Å². The smallest absolute Gasteiger partial charge is 0.352 e.